The molecular weight excluding hydrogens is 326 g/mol. The van der Waals surface area contributed by atoms with Gasteiger partial charge in [0.05, 0.1) is 11.3 Å². The molecule has 4 nitrogen and oxygen atoms in total. The van der Waals surface area contributed by atoms with Gasteiger partial charge in [-0.2, -0.15) is 0 Å². The van der Waals surface area contributed by atoms with E-state index in [2.05, 4.69) is 5.43 Å². The summed E-state index contributed by atoms with van der Waals surface area (Å²) in [7, 11) is 0. The van der Waals surface area contributed by atoms with Crippen molar-refractivity contribution in [3.8, 4) is 0 Å². The second-order valence-electron chi connectivity index (χ2n) is 5.66. The summed E-state index contributed by atoms with van der Waals surface area (Å²) in [5, 5.41) is 3.55. The molecule has 0 radical (unpaired) electrons. The molecular formula is C17H19N3OS2. The monoisotopic (exact) mass is 345 g/mol. The average Bonchev–Trinajstić information content (AvgIpc) is 2.97. The van der Waals surface area contributed by atoms with E-state index in [9.17, 15) is 4.79 Å². The smallest absolute Gasteiger partial charge is 0.271 e. The maximum Gasteiger partial charge on any atom is 0.271 e. The number of nitrogens with two attached hydrogens (primary N) is 1. The number of fused-ring (bicyclic) bond motifs is 1. The van der Waals surface area contributed by atoms with Gasteiger partial charge in [-0.05, 0) is 62.0 Å². The molecule has 0 saturated heterocycles. The maximum atomic E-state index is 12.7. The fourth-order valence-corrected chi connectivity index (χ4v) is 4.16. The Kier molecular flexibility index (Phi) is 4.63. The van der Waals surface area contributed by atoms with Crippen molar-refractivity contribution in [3.05, 3.63) is 51.2 Å². The lowest BCUT2D eigenvalue weighted by Gasteiger charge is -2.25. The predicted molar refractivity (Wildman–Crippen MR) is 98.9 cm³/mol. The number of hydrazine groups is 1. The lowest BCUT2D eigenvalue weighted by molar-refractivity contribution is 0.0954. The topological polar surface area (TPSA) is 58.4 Å². The molecule has 0 aliphatic heterocycles. The Balaban J connectivity index is 1.86. The molecule has 1 aromatic heterocycles. The molecule has 1 aliphatic carbocycles. The number of hydrogen-bond acceptors (Lipinski definition) is 3. The predicted octanol–water partition coefficient (Wildman–Crippen LogP) is 3.33. The van der Waals surface area contributed by atoms with Gasteiger partial charge < -0.3 is 5.73 Å². The Morgan fingerprint density at radius 1 is 1.30 bits per heavy atom. The molecule has 0 atom stereocenters. The van der Waals surface area contributed by atoms with Crippen LogP contribution < -0.4 is 16.2 Å². The van der Waals surface area contributed by atoms with Crippen LogP contribution in [0.2, 0.25) is 0 Å². The fraction of sp³-hybridized carbons (Fsp3) is 0.294. The molecule has 3 N–H and O–H groups in total. The van der Waals surface area contributed by atoms with E-state index < -0.39 is 0 Å². The number of nitrogens with one attached hydrogen (secondary N) is 1. The minimum Gasteiger partial charge on any atom is -0.374 e. The zero-order chi connectivity index (χ0) is 16.4. The third-order valence-corrected chi connectivity index (χ3v) is 5.37. The molecule has 6 heteroatoms. The SMILES string of the molecule is Cc1ccccc1N(NC(=O)c1csc2c1CCCC2)C(N)=S. The van der Waals surface area contributed by atoms with Gasteiger partial charge in [-0.3, -0.25) is 10.2 Å². The molecule has 0 saturated carbocycles. The fourth-order valence-electron chi connectivity index (χ4n) is 2.89. The summed E-state index contributed by atoms with van der Waals surface area (Å²) in [5.41, 5.74) is 12.4. The number of anilines is 1. The summed E-state index contributed by atoms with van der Waals surface area (Å²) in [6.45, 7) is 1.96. The molecule has 23 heavy (non-hydrogen) atoms. The van der Waals surface area contributed by atoms with Crippen LogP contribution in [0.1, 0.15) is 39.2 Å². The summed E-state index contributed by atoms with van der Waals surface area (Å²) in [6, 6.07) is 7.68. The van der Waals surface area contributed by atoms with E-state index in [0.29, 0.717) is 0 Å². The standard InChI is InChI=1S/C17H19N3OS2/c1-11-6-2-4-8-14(11)20(17(18)22)19-16(21)13-10-23-15-9-5-3-7-12(13)15/h2,4,6,8,10H,3,5,7,9H2,1H3,(H2,18,22)(H,19,21). The third kappa shape index (κ3) is 3.23. The normalized spacial score (nSPS) is 13.3. The number of para-hydroxylation sites is 1. The first-order valence-electron chi connectivity index (χ1n) is 7.63. The highest BCUT2D eigenvalue weighted by Gasteiger charge is 2.22. The number of nitrogens with zero attached hydrogens (tertiary/aromatic N) is 1. The van der Waals surface area contributed by atoms with Crippen molar-refractivity contribution in [3.63, 3.8) is 0 Å². The van der Waals surface area contributed by atoms with E-state index in [4.69, 9.17) is 18.0 Å². The zero-order valence-corrected chi connectivity index (χ0v) is 14.6. The second kappa shape index (κ2) is 6.68. The van der Waals surface area contributed by atoms with E-state index >= 15 is 0 Å². The molecule has 120 valence electrons. The minimum absolute atomic E-state index is 0.122. The third-order valence-electron chi connectivity index (χ3n) is 4.10. The summed E-state index contributed by atoms with van der Waals surface area (Å²) in [5.74, 6) is -0.152. The van der Waals surface area contributed by atoms with E-state index in [0.717, 1.165) is 36.1 Å². The Hall–Kier alpha value is -1.92. The van der Waals surface area contributed by atoms with Gasteiger partial charge in [0.25, 0.3) is 5.91 Å². The highest BCUT2D eigenvalue weighted by Crippen LogP contribution is 2.30. The Bertz CT molecular complexity index is 754. The van der Waals surface area contributed by atoms with Crippen LogP contribution in [0.3, 0.4) is 0 Å². The van der Waals surface area contributed by atoms with E-state index in [1.165, 1.54) is 21.9 Å². The number of rotatable bonds is 2. The molecule has 1 heterocycles. The van der Waals surface area contributed by atoms with Gasteiger partial charge >= 0.3 is 0 Å². The molecule has 1 amide bonds. The molecule has 0 spiro atoms. The van der Waals surface area contributed by atoms with E-state index in [1.54, 1.807) is 11.3 Å². The number of benzene rings is 1. The van der Waals surface area contributed by atoms with Crippen LogP contribution in [0.4, 0.5) is 5.69 Å². The van der Waals surface area contributed by atoms with Crippen LogP contribution in [-0.2, 0) is 12.8 Å². The minimum atomic E-state index is -0.152. The number of aryl methyl sites for hydroxylation is 2. The molecule has 3 rings (SSSR count). The Morgan fingerprint density at radius 2 is 2.04 bits per heavy atom. The first-order valence-corrected chi connectivity index (χ1v) is 8.92. The summed E-state index contributed by atoms with van der Waals surface area (Å²) >= 11 is 6.79. The summed E-state index contributed by atoms with van der Waals surface area (Å²) in [6.07, 6.45) is 4.39. The largest absolute Gasteiger partial charge is 0.374 e. The lowest BCUT2D eigenvalue weighted by atomic mass is 9.96. The van der Waals surface area contributed by atoms with Crippen LogP contribution in [0.15, 0.2) is 29.6 Å². The van der Waals surface area contributed by atoms with Crippen LogP contribution in [0.5, 0.6) is 0 Å². The number of hydrogen-bond donors (Lipinski definition) is 2. The number of amides is 1. The van der Waals surface area contributed by atoms with Crippen molar-refractivity contribution in [2.24, 2.45) is 5.73 Å². The number of thiophene rings is 1. The number of thiocarbonyl (C=S) groups is 1. The van der Waals surface area contributed by atoms with Crippen LogP contribution in [-0.4, -0.2) is 11.0 Å². The van der Waals surface area contributed by atoms with Crippen molar-refractivity contribution < 1.29 is 4.79 Å². The van der Waals surface area contributed by atoms with Gasteiger partial charge in [0.15, 0.2) is 5.11 Å². The quantitative estimate of drug-likeness (QED) is 0.647. The van der Waals surface area contributed by atoms with Crippen LogP contribution in [0, 0.1) is 6.92 Å². The summed E-state index contributed by atoms with van der Waals surface area (Å²) in [4.78, 5) is 14.0. The first-order chi connectivity index (χ1) is 11.1. The molecule has 1 aromatic carbocycles. The molecule has 1 aliphatic rings. The van der Waals surface area contributed by atoms with Crippen LogP contribution >= 0.6 is 23.6 Å². The van der Waals surface area contributed by atoms with Crippen molar-refractivity contribution in [2.45, 2.75) is 32.6 Å². The van der Waals surface area contributed by atoms with Crippen molar-refractivity contribution in [1.82, 2.24) is 5.43 Å². The zero-order valence-electron chi connectivity index (χ0n) is 13.0. The van der Waals surface area contributed by atoms with Gasteiger partial charge in [0.2, 0.25) is 0 Å². The average molecular weight is 345 g/mol. The van der Waals surface area contributed by atoms with Crippen molar-refractivity contribution in [2.75, 3.05) is 5.01 Å². The highest BCUT2D eigenvalue weighted by molar-refractivity contribution is 7.80. The highest BCUT2D eigenvalue weighted by atomic mass is 32.1. The van der Waals surface area contributed by atoms with Crippen LogP contribution in [0.25, 0.3) is 0 Å². The van der Waals surface area contributed by atoms with Gasteiger partial charge in [-0.15, -0.1) is 11.3 Å². The second-order valence-corrected chi connectivity index (χ2v) is 7.04. The molecule has 0 fully saturated rings. The van der Waals surface area contributed by atoms with Gasteiger partial charge in [0.1, 0.15) is 0 Å². The lowest BCUT2D eigenvalue weighted by Crippen LogP contribution is -2.49. The van der Waals surface area contributed by atoms with Crippen molar-refractivity contribution in [1.29, 1.82) is 0 Å². The van der Waals surface area contributed by atoms with Gasteiger partial charge in [-0.25, -0.2) is 5.01 Å². The number of carbonyl (C=O) groups excluding carboxylic acids is 1. The first kappa shape index (κ1) is 16.0. The molecule has 2 aromatic rings. The van der Waals surface area contributed by atoms with Gasteiger partial charge in [0, 0.05) is 10.3 Å². The maximum absolute atomic E-state index is 12.7. The number of carbonyl (C=O) groups is 1. The van der Waals surface area contributed by atoms with Crippen molar-refractivity contribution >= 4 is 40.3 Å². The summed E-state index contributed by atoms with van der Waals surface area (Å²) < 4.78 is 0. The molecule has 0 unspecified atom stereocenters. The Morgan fingerprint density at radius 3 is 2.78 bits per heavy atom. The molecule has 0 bridgehead atoms. The van der Waals surface area contributed by atoms with E-state index in [-0.39, 0.29) is 11.0 Å². The Labute approximate surface area is 145 Å². The van der Waals surface area contributed by atoms with Gasteiger partial charge in [-0.1, -0.05) is 18.2 Å². The van der Waals surface area contributed by atoms with E-state index in [1.807, 2.05) is 36.6 Å².